The van der Waals surface area contributed by atoms with Crippen LogP contribution in [-0.2, 0) is 0 Å². The molecule has 0 bridgehead atoms. The second-order valence-electron chi connectivity index (χ2n) is 7.25. The highest BCUT2D eigenvalue weighted by atomic mass is 32.2. The number of rotatable bonds is 8. The average molecular weight is 401 g/mol. The van der Waals surface area contributed by atoms with Crippen LogP contribution in [0.1, 0.15) is 32.1 Å². The predicted molar refractivity (Wildman–Crippen MR) is 114 cm³/mol. The van der Waals surface area contributed by atoms with Gasteiger partial charge in [-0.1, -0.05) is 31.0 Å². The van der Waals surface area contributed by atoms with Crippen molar-refractivity contribution in [1.82, 2.24) is 15.3 Å². The first-order valence-electron chi connectivity index (χ1n) is 10.1. The van der Waals surface area contributed by atoms with Gasteiger partial charge >= 0.3 is 0 Å². The molecule has 2 aromatic rings. The van der Waals surface area contributed by atoms with Gasteiger partial charge in [0.1, 0.15) is 11.2 Å². The minimum absolute atomic E-state index is 0.221. The molecule has 28 heavy (non-hydrogen) atoms. The number of benzene rings is 1. The Balaban J connectivity index is 1.33. The van der Waals surface area contributed by atoms with E-state index in [0.717, 1.165) is 23.9 Å². The van der Waals surface area contributed by atoms with Crippen molar-refractivity contribution in [3.8, 4) is 11.6 Å². The molecule has 0 spiro atoms. The summed E-state index contributed by atoms with van der Waals surface area (Å²) in [5, 5.41) is 10.3. The number of anilines is 2. The molecule has 0 amide bonds. The third kappa shape index (κ3) is 5.06. The van der Waals surface area contributed by atoms with E-state index in [4.69, 9.17) is 10.5 Å². The number of aromatic nitrogens is 2. The van der Waals surface area contributed by atoms with Crippen LogP contribution in [0, 0.1) is 5.92 Å². The standard InChI is InChI=1S/C20H28N6OS/c21-9-11-23-19-22-10-8-18(26-19)27-15-6-7-16-17(12-15)28-20(25-16)24-13-14-4-2-1-3-5-14/h6-8,10,12,14,20,24-25H,1-5,9,11,13,21H2,(H,22,23,26). The highest BCUT2D eigenvalue weighted by molar-refractivity contribution is 8.00. The summed E-state index contributed by atoms with van der Waals surface area (Å²) in [4.78, 5) is 9.71. The Morgan fingerprint density at radius 1 is 1.21 bits per heavy atom. The van der Waals surface area contributed by atoms with Crippen molar-refractivity contribution in [2.24, 2.45) is 11.7 Å². The van der Waals surface area contributed by atoms with Gasteiger partial charge in [-0.15, -0.1) is 0 Å². The summed E-state index contributed by atoms with van der Waals surface area (Å²) >= 11 is 1.80. The van der Waals surface area contributed by atoms with Crippen LogP contribution in [0.4, 0.5) is 11.6 Å². The molecule has 1 aromatic heterocycles. The van der Waals surface area contributed by atoms with Crippen LogP contribution < -0.4 is 26.4 Å². The molecule has 2 aliphatic rings. The first-order valence-corrected chi connectivity index (χ1v) is 10.9. The smallest absolute Gasteiger partial charge is 0.225 e. The van der Waals surface area contributed by atoms with Gasteiger partial charge in [-0.3, -0.25) is 5.32 Å². The summed E-state index contributed by atoms with van der Waals surface area (Å²) in [6.07, 6.45) is 8.55. The summed E-state index contributed by atoms with van der Waals surface area (Å²) in [6.45, 7) is 2.24. The zero-order valence-corrected chi connectivity index (χ0v) is 16.8. The number of ether oxygens (including phenoxy) is 1. The zero-order chi connectivity index (χ0) is 19.2. The maximum absolute atomic E-state index is 5.93. The molecule has 1 saturated carbocycles. The Kier molecular flexibility index (Phi) is 6.51. The van der Waals surface area contributed by atoms with Crippen LogP contribution in [0.2, 0.25) is 0 Å². The fourth-order valence-electron chi connectivity index (χ4n) is 3.63. The third-order valence-corrected chi connectivity index (χ3v) is 6.19. The van der Waals surface area contributed by atoms with E-state index in [0.29, 0.717) is 24.9 Å². The van der Waals surface area contributed by atoms with Crippen LogP contribution in [0.3, 0.4) is 0 Å². The molecular formula is C20H28N6OS. The lowest BCUT2D eigenvalue weighted by molar-refractivity contribution is 0.343. The molecule has 0 radical (unpaired) electrons. The van der Waals surface area contributed by atoms with Crippen molar-refractivity contribution >= 4 is 23.4 Å². The minimum Gasteiger partial charge on any atom is -0.439 e. The fourth-order valence-corrected chi connectivity index (χ4v) is 4.68. The maximum atomic E-state index is 5.93. The molecular weight excluding hydrogens is 372 g/mol. The summed E-state index contributed by atoms with van der Waals surface area (Å²) in [5.74, 6) is 2.62. The van der Waals surface area contributed by atoms with Crippen LogP contribution >= 0.6 is 11.8 Å². The monoisotopic (exact) mass is 400 g/mol. The van der Waals surface area contributed by atoms with Gasteiger partial charge in [0.05, 0.1) is 5.69 Å². The van der Waals surface area contributed by atoms with E-state index < -0.39 is 0 Å². The molecule has 1 atom stereocenters. The number of hydrogen-bond donors (Lipinski definition) is 4. The molecule has 8 heteroatoms. The lowest BCUT2D eigenvalue weighted by atomic mass is 9.89. The number of hydrogen-bond acceptors (Lipinski definition) is 8. The van der Waals surface area contributed by atoms with Crippen molar-refractivity contribution in [2.45, 2.75) is 42.5 Å². The van der Waals surface area contributed by atoms with Crippen molar-refractivity contribution in [1.29, 1.82) is 0 Å². The third-order valence-electron chi connectivity index (χ3n) is 5.08. The SMILES string of the molecule is NCCNc1nccc(Oc2ccc3c(c2)SC(NCC2CCCCC2)N3)n1. The number of fused-ring (bicyclic) bond motifs is 1. The van der Waals surface area contributed by atoms with Gasteiger partial charge in [-0.2, -0.15) is 4.98 Å². The number of nitrogens with one attached hydrogen (secondary N) is 3. The Morgan fingerprint density at radius 2 is 2.11 bits per heavy atom. The molecule has 7 nitrogen and oxygen atoms in total. The molecule has 2 heterocycles. The summed E-state index contributed by atoms with van der Waals surface area (Å²) in [5.41, 5.74) is 6.87. The molecule has 150 valence electrons. The highest BCUT2D eigenvalue weighted by Crippen LogP contribution is 2.40. The Labute approximate surface area is 170 Å². The van der Waals surface area contributed by atoms with Crippen LogP contribution in [0.15, 0.2) is 35.4 Å². The molecule has 1 unspecified atom stereocenters. The van der Waals surface area contributed by atoms with Crippen LogP contribution in [0.5, 0.6) is 11.6 Å². The molecule has 4 rings (SSSR count). The predicted octanol–water partition coefficient (Wildman–Crippen LogP) is 3.61. The lowest BCUT2D eigenvalue weighted by Gasteiger charge is -2.23. The van der Waals surface area contributed by atoms with Gasteiger partial charge in [0.2, 0.25) is 11.8 Å². The first kappa shape index (κ1) is 19.3. The lowest BCUT2D eigenvalue weighted by Crippen LogP contribution is -2.35. The van der Waals surface area contributed by atoms with E-state index in [2.05, 4.69) is 38.1 Å². The van der Waals surface area contributed by atoms with Gasteiger partial charge in [-0.25, -0.2) is 4.98 Å². The van der Waals surface area contributed by atoms with E-state index in [1.165, 1.54) is 37.0 Å². The first-order chi connectivity index (χ1) is 13.8. The normalized spacial score (nSPS) is 19.1. The summed E-state index contributed by atoms with van der Waals surface area (Å²) < 4.78 is 5.93. The second kappa shape index (κ2) is 9.45. The molecule has 1 aliphatic carbocycles. The van der Waals surface area contributed by atoms with E-state index in [9.17, 15) is 0 Å². The maximum Gasteiger partial charge on any atom is 0.225 e. The van der Waals surface area contributed by atoms with Gasteiger partial charge in [0, 0.05) is 36.8 Å². The van der Waals surface area contributed by atoms with Crippen LogP contribution in [0.25, 0.3) is 0 Å². The van der Waals surface area contributed by atoms with E-state index >= 15 is 0 Å². The number of nitrogens with two attached hydrogens (primary N) is 1. The van der Waals surface area contributed by atoms with Crippen LogP contribution in [-0.4, -0.2) is 35.1 Å². The highest BCUT2D eigenvalue weighted by Gasteiger charge is 2.23. The summed E-state index contributed by atoms with van der Waals surface area (Å²) in [7, 11) is 0. The summed E-state index contributed by atoms with van der Waals surface area (Å²) in [6, 6.07) is 7.84. The van der Waals surface area contributed by atoms with Crippen molar-refractivity contribution < 1.29 is 4.74 Å². The second-order valence-corrected chi connectivity index (χ2v) is 8.40. The molecule has 1 aromatic carbocycles. The fraction of sp³-hybridized carbons (Fsp3) is 0.500. The Bertz CT molecular complexity index is 783. The quantitative estimate of drug-likeness (QED) is 0.534. The molecule has 5 N–H and O–H groups in total. The zero-order valence-electron chi connectivity index (χ0n) is 16.0. The van der Waals surface area contributed by atoms with Gasteiger partial charge in [0.15, 0.2) is 0 Å². The molecule has 1 fully saturated rings. The largest absolute Gasteiger partial charge is 0.439 e. The topological polar surface area (TPSA) is 97.1 Å². The van der Waals surface area contributed by atoms with E-state index in [1.807, 2.05) is 6.07 Å². The molecule has 0 saturated heterocycles. The van der Waals surface area contributed by atoms with Gasteiger partial charge < -0.3 is 21.1 Å². The van der Waals surface area contributed by atoms with Gasteiger partial charge in [0.25, 0.3) is 0 Å². The van der Waals surface area contributed by atoms with E-state index in [1.54, 1.807) is 24.0 Å². The van der Waals surface area contributed by atoms with Crippen molar-refractivity contribution in [3.05, 3.63) is 30.5 Å². The number of nitrogens with zero attached hydrogens (tertiary/aromatic N) is 2. The van der Waals surface area contributed by atoms with E-state index in [-0.39, 0.29) is 5.50 Å². The number of thioether (sulfide) groups is 1. The Hall–Kier alpha value is -2.03. The molecule has 1 aliphatic heterocycles. The Morgan fingerprint density at radius 3 is 2.96 bits per heavy atom. The average Bonchev–Trinajstić information content (AvgIpc) is 3.14. The van der Waals surface area contributed by atoms with Crippen molar-refractivity contribution in [3.63, 3.8) is 0 Å². The van der Waals surface area contributed by atoms with Crippen molar-refractivity contribution in [2.75, 3.05) is 30.3 Å². The minimum atomic E-state index is 0.221. The van der Waals surface area contributed by atoms with Gasteiger partial charge in [-0.05, 0) is 37.0 Å².